The van der Waals surface area contributed by atoms with Gasteiger partial charge in [0.2, 0.25) is 5.95 Å². The lowest BCUT2D eigenvalue weighted by Gasteiger charge is -2.06. The first kappa shape index (κ1) is 11.6. The zero-order valence-corrected chi connectivity index (χ0v) is 10.6. The highest BCUT2D eigenvalue weighted by molar-refractivity contribution is 5.37. The number of anilines is 1. The minimum Gasteiger partial charge on any atom is -0.357 e. The van der Waals surface area contributed by atoms with Gasteiger partial charge in [-0.1, -0.05) is 13.8 Å². The van der Waals surface area contributed by atoms with E-state index in [0.29, 0.717) is 11.9 Å². The van der Waals surface area contributed by atoms with Gasteiger partial charge >= 0.3 is 0 Å². The lowest BCUT2D eigenvalue weighted by atomic mass is 10.1. The number of nitrogens with zero attached hydrogens (tertiary/aromatic N) is 4. The standard InChI is InChI=1S/C12H17N5/c1-8(2)10-5-6-17(16-10)11-9(3)7-14-12(13-4)15-11/h5-8H,1-4H3,(H,13,14,15). The van der Waals surface area contributed by atoms with Crippen LogP contribution in [0.1, 0.15) is 31.0 Å². The second-order valence-electron chi connectivity index (χ2n) is 4.29. The van der Waals surface area contributed by atoms with Crippen molar-refractivity contribution in [2.75, 3.05) is 12.4 Å². The molecule has 90 valence electrons. The third-order valence-electron chi connectivity index (χ3n) is 2.59. The van der Waals surface area contributed by atoms with Crippen LogP contribution in [0.4, 0.5) is 5.95 Å². The van der Waals surface area contributed by atoms with Crippen molar-refractivity contribution in [1.82, 2.24) is 19.7 Å². The molecule has 0 radical (unpaired) electrons. The van der Waals surface area contributed by atoms with E-state index in [2.05, 4.69) is 34.2 Å². The Hall–Kier alpha value is -1.91. The fourth-order valence-electron chi connectivity index (χ4n) is 1.55. The molecule has 0 aromatic carbocycles. The van der Waals surface area contributed by atoms with E-state index < -0.39 is 0 Å². The summed E-state index contributed by atoms with van der Waals surface area (Å²) in [5.74, 6) is 1.84. The van der Waals surface area contributed by atoms with Crippen LogP contribution in [0, 0.1) is 6.92 Å². The van der Waals surface area contributed by atoms with Gasteiger partial charge in [-0.25, -0.2) is 9.67 Å². The van der Waals surface area contributed by atoms with Crippen LogP contribution in [0.15, 0.2) is 18.5 Å². The van der Waals surface area contributed by atoms with Gasteiger partial charge in [0.05, 0.1) is 5.69 Å². The topological polar surface area (TPSA) is 55.6 Å². The van der Waals surface area contributed by atoms with E-state index in [1.807, 2.05) is 19.2 Å². The summed E-state index contributed by atoms with van der Waals surface area (Å²) in [6.45, 7) is 6.22. The van der Waals surface area contributed by atoms with E-state index in [9.17, 15) is 0 Å². The van der Waals surface area contributed by atoms with Crippen LogP contribution in [0.3, 0.4) is 0 Å². The number of hydrogen-bond donors (Lipinski definition) is 1. The molecule has 0 saturated carbocycles. The molecule has 17 heavy (non-hydrogen) atoms. The van der Waals surface area contributed by atoms with Gasteiger partial charge in [0.15, 0.2) is 5.82 Å². The van der Waals surface area contributed by atoms with Crippen molar-refractivity contribution in [3.8, 4) is 5.82 Å². The molecule has 0 bridgehead atoms. The lowest BCUT2D eigenvalue weighted by Crippen LogP contribution is -2.06. The average molecular weight is 231 g/mol. The predicted octanol–water partition coefficient (Wildman–Crippen LogP) is 2.14. The molecule has 1 N–H and O–H groups in total. The molecule has 0 amide bonds. The van der Waals surface area contributed by atoms with Crippen molar-refractivity contribution < 1.29 is 0 Å². The number of hydrogen-bond acceptors (Lipinski definition) is 4. The van der Waals surface area contributed by atoms with E-state index in [-0.39, 0.29) is 0 Å². The predicted molar refractivity (Wildman–Crippen MR) is 67.5 cm³/mol. The molecule has 0 atom stereocenters. The van der Waals surface area contributed by atoms with Crippen molar-refractivity contribution in [3.05, 3.63) is 29.7 Å². The first-order valence-corrected chi connectivity index (χ1v) is 5.69. The van der Waals surface area contributed by atoms with Crippen molar-refractivity contribution in [1.29, 1.82) is 0 Å². The quantitative estimate of drug-likeness (QED) is 0.879. The minimum absolute atomic E-state index is 0.419. The summed E-state index contributed by atoms with van der Waals surface area (Å²) in [5.41, 5.74) is 2.07. The highest BCUT2D eigenvalue weighted by atomic mass is 15.3. The van der Waals surface area contributed by atoms with Crippen LogP contribution in [-0.2, 0) is 0 Å². The monoisotopic (exact) mass is 231 g/mol. The summed E-state index contributed by atoms with van der Waals surface area (Å²) in [4.78, 5) is 8.57. The van der Waals surface area contributed by atoms with Crippen molar-refractivity contribution in [2.24, 2.45) is 0 Å². The first-order chi connectivity index (χ1) is 8.11. The van der Waals surface area contributed by atoms with Crippen LogP contribution in [0.25, 0.3) is 5.82 Å². The molecule has 2 heterocycles. The molecular formula is C12H17N5. The maximum Gasteiger partial charge on any atom is 0.224 e. The molecule has 5 nitrogen and oxygen atoms in total. The Balaban J connectivity index is 2.44. The number of nitrogens with one attached hydrogen (secondary N) is 1. The second kappa shape index (κ2) is 4.53. The first-order valence-electron chi connectivity index (χ1n) is 5.69. The van der Waals surface area contributed by atoms with Crippen molar-refractivity contribution in [2.45, 2.75) is 26.7 Å². The van der Waals surface area contributed by atoms with E-state index in [4.69, 9.17) is 0 Å². The van der Waals surface area contributed by atoms with Crippen LogP contribution >= 0.6 is 0 Å². The third kappa shape index (κ3) is 2.27. The van der Waals surface area contributed by atoms with Gasteiger partial charge in [-0.3, -0.25) is 0 Å². The third-order valence-corrected chi connectivity index (χ3v) is 2.59. The summed E-state index contributed by atoms with van der Waals surface area (Å²) in [6.07, 6.45) is 3.73. The Bertz CT molecular complexity index is 515. The van der Waals surface area contributed by atoms with Crippen LogP contribution in [-0.4, -0.2) is 26.8 Å². The molecule has 0 aliphatic carbocycles. The van der Waals surface area contributed by atoms with Gasteiger partial charge in [-0.15, -0.1) is 0 Å². The van der Waals surface area contributed by atoms with Gasteiger partial charge in [-0.2, -0.15) is 10.1 Å². The summed E-state index contributed by atoms with van der Waals surface area (Å²) < 4.78 is 1.80. The summed E-state index contributed by atoms with van der Waals surface area (Å²) >= 11 is 0. The number of aryl methyl sites for hydroxylation is 1. The fraction of sp³-hybridized carbons (Fsp3) is 0.417. The Kier molecular flexibility index (Phi) is 3.08. The highest BCUT2D eigenvalue weighted by Gasteiger charge is 2.09. The molecule has 0 saturated heterocycles. The molecule has 5 heteroatoms. The van der Waals surface area contributed by atoms with Crippen molar-refractivity contribution in [3.63, 3.8) is 0 Å². The van der Waals surface area contributed by atoms with E-state index >= 15 is 0 Å². The Morgan fingerprint density at radius 2 is 2.12 bits per heavy atom. The van der Waals surface area contributed by atoms with Gasteiger partial charge in [-0.05, 0) is 18.9 Å². The molecule has 0 aliphatic heterocycles. The maximum atomic E-state index is 4.51. The zero-order chi connectivity index (χ0) is 12.4. The Morgan fingerprint density at radius 1 is 1.35 bits per heavy atom. The Morgan fingerprint density at radius 3 is 2.71 bits per heavy atom. The van der Waals surface area contributed by atoms with E-state index in [1.165, 1.54) is 0 Å². The fourth-order valence-corrected chi connectivity index (χ4v) is 1.55. The largest absolute Gasteiger partial charge is 0.357 e. The van der Waals surface area contributed by atoms with Crippen LogP contribution < -0.4 is 5.32 Å². The lowest BCUT2D eigenvalue weighted by molar-refractivity contribution is 0.753. The van der Waals surface area contributed by atoms with Crippen LogP contribution in [0.2, 0.25) is 0 Å². The maximum absolute atomic E-state index is 4.51. The number of aromatic nitrogens is 4. The molecule has 0 spiro atoms. The summed E-state index contributed by atoms with van der Waals surface area (Å²) in [6, 6.07) is 2.02. The van der Waals surface area contributed by atoms with Gasteiger partial charge in [0, 0.05) is 25.0 Å². The van der Waals surface area contributed by atoms with E-state index in [0.717, 1.165) is 17.1 Å². The molecule has 2 aromatic rings. The van der Waals surface area contributed by atoms with Gasteiger partial charge < -0.3 is 5.32 Å². The average Bonchev–Trinajstić information content (AvgIpc) is 2.79. The zero-order valence-electron chi connectivity index (χ0n) is 10.6. The highest BCUT2D eigenvalue weighted by Crippen LogP contribution is 2.15. The number of rotatable bonds is 3. The molecule has 0 aliphatic rings. The smallest absolute Gasteiger partial charge is 0.224 e. The van der Waals surface area contributed by atoms with E-state index in [1.54, 1.807) is 17.9 Å². The SMILES string of the molecule is CNc1ncc(C)c(-n2ccc(C(C)C)n2)n1. The summed E-state index contributed by atoms with van der Waals surface area (Å²) in [7, 11) is 1.80. The van der Waals surface area contributed by atoms with Gasteiger partial charge in [0.25, 0.3) is 0 Å². The molecule has 0 unspecified atom stereocenters. The Labute approximate surface area is 101 Å². The normalized spacial score (nSPS) is 10.9. The molecule has 0 fully saturated rings. The van der Waals surface area contributed by atoms with Gasteiger partial charge in [0.1, 0.15) is 0 Å². The molecule has 2 aromatic heterocycles. The van der Waals surface area contributed by atoms with Crippen molar-refractivity contribution >= 4 is 5.95 Å². The van der Waals surface area contributed by atoms with Crippen LogP contribution in [0.5, 0.6) is 0 Å². The molecule has 2 rings (SSSR count). The summed E-state index contributed by atoms with van der Waals surface area (Å²) in [5, 5.41) is 7.45. The molecular weight excluding hydrogens is 214 g/mol. The minimum atomic E-state index is 0.419. The second-order valence-corrected chi connectivity index (χ2v) is 4.29.